The third-order valence-electron chi connectivity index (χ3n) is 3.50. The van der Waals surface area contributed by atoms with Crippen LogP contribution in [0.1, 0.15) is 12.8 Å². The standard InChI is InChI=1S/C13H14BrN5O2/c1-19-11-7(4-9(14)12(19)21)5-16-13(18-11)17-8-2-3-10(20)15-6-8/h4-5,8H,2-3,6H2,1H3,(H,15,20)(H,16,17,18). The fourth-order valence-electron chi connectivity index (χ4n) is 2.32. The van der Waals surface area contributed by atoms with Crippen LogP contribution in [0.25, 0.3) is 11.0 Å². The van der Waals surface area contributed by atoms with E-state index in [-0.39, 0.29) is 17.5 Å². The van der Waals surface area contributed by atoms with E-state index in [1.807, 2.05) is 0 Å². The van der Waals surface area contributed by atoms with Gasteiger partial charge in [-0.05, 0) is 28.4 Å². The topological polar surface area (TPSA) is 88.9 Å². The number of carbonyl (C=O) groups excluding carboxylic acids is 1. The number of anilines is 1. The Morgan fingerprint density at radius 2 is 2.29 bits per heavy atom. The van der Waals surface area contributed by atoms with Crippen molar-refractivity contribution in [2.75, 3.05) is 11.9 Å². The number of nitrogens with zero attached hydrogens (tertiary/aromatic N) is 3. The Hall–Kier alpha value is -1.96. The Kier molecular flexibility index (Phi) is 3.62. The molecule has 3 heterocycles. The summed E-state index contributed by atoms with van der Waals surface area (Å²) in [7, 11) is 1.67. The molecule has 1 atom stereocenters. The number of aryl methyl sites for hydroxylation is 1. The van der Waals surface area contributed by atoms with E-state index in [9.17, 15) is 9.59 Å². The lowest BCUT2D eigenvalue weighted by Crippen LogP contribution is -2.42. The second kappa shape index (κ2) is 5.44. The van der Waals surface area contributed by atoms with Crippen LogP contribution in [0.2, 0.25) is 0 Å². The maximum absolute atomic E-state index is 11.9. The first kappa shape index (κ1) is 14.0. The highest BCUT2D eigenvalue weighted by atomic mass is 79.9. The van der Waals surface area contributed by atoms with E-state index in [0.717, 1.165) is 11.8 Å². The molecule has 3 rings (SSSR count). The number of piperidine rings is 1. The second-order valence-corrected chi connectivity index (χ2v) is 5.87. The van der Waals surface area contributed by atoms with E-state index >= 15 is 0 Å². The highest BCUT2D eigenvalue weighted by Gasteiger charge is 2.18. The van der Waals surface area contributed by atoms with Gasteiger partial charge in [-0.1, -0.05) is 0 Å². The van der Waals surface area contributed by atoms with Gasteiger partial charge < -0.3 is 10.6 Å². The van der Waals surface area contributed by atoms with Gasteiger partial charge in [-0.3, -0.25) is 14.2 Å². The Bertz CT molecular complexity index is 763. The third-order valence-corrected chi connectivity index (χ3v) is 4.07. The van der Waals surface area contributed by atoms with Gasteiger partial charge in [-0.2, -0.15) is 4.98 Å². The van der Waals surface area contributed by atoms with Gasteiger partial charge in [-0.15, -0.1) is 0 Å². The average molecular weight is 352 g/mol. The molecule has 2 aromatic heterocycles. The first-order chi connectivity index (χ1) is 10.0. The molecule has 0 aliphatic carbocycles. The second-order valence-electron chi connectivity index (χ2n) is 5.01. The molecule has 1 fully saturated rings. The average Bonchev–Trinajstić information content (AvgIpc) is 2.48. The summed E-state index contributed by atoms with van der Waals surface area (Å²) in [6.07, 6.45) is 2.92. The van der Waals surface area contributed by atoms with Crippen LogP contribution in [0.4, 0.5) is 5.95 Å². The maximum atomic E-state index is 11.9. The van der Waals surface area contributed by atoms with Gasteiger partial charge >= 0.3 is 0 Å². The Morgan fingerprint density at radius 1 is 1.48 bits per heavy atom. The van der Waals surface area contributed by atoms with Crippen molar-refractivity contribution >= 4 is 38.8 Å². The zero-order valence-electron chi connectivity index (χ0n) is 11.4. The molecule has 1 saturated heterocycles. The van der Waals surface area contributed by atoms with Crippen LogP contribution in [0, 0.1) is 0 Å². The van der Waals surface area contributed by atoms with Gasteiger partial charge in [-0.25, -0.2) is 4.98 Å². The number of amides is 1. The normalized spacial score (nSPS) is 18.6. The largest absolute Gasteiger partial charge is 0.354 e. The molecule has 8 heteroatoms. The summed E-state index contributed by atoms with van der Waals surface area (Å²) in [6, 6.07) is 1.81. The minimum atomic E-state index is -0.142. The number of fused-ring (bicyclic) bond motifs is 1. The molecule has 1 unspecified atom stereocenters. The molecular formula is C13H14BrN5O2. The van der Waals surface area contributed by atoms with Crippen molar-refractivity contribution in [3.8, 4) is 0 Å². The van der Waals surface area contributed by atoms with Crippen molar-refractivity contribution in [1.82, 2.24) is 19.9 Å². The van der Waals surface area contributed by atoms with E-state index in [1.54, 1.807) is 19.3 Å². The highest BCUT2D eigenvalue weighted by molar-refractivity contribution is 9.10. The van der Waals surface area contributed by atoms with Gasteiger partial charge in [0, 0.05) is 37.6 Å². The summed E-state index contributed by atoms with van der Waals surface area (Å²) in [6.45, 7) is 0.555. The molecular weight excluding hydrogens is 338 g/mol. The van der Waals surface area contributed by atoms with E-state index in [4.69, 9.17) is 0 Å². The molecule has 1 aliphatic rings. The van der Waals surface area contributed by atoms with E-state index in [1.165, 1.54) is 4.57 Å². The van der Waals surface area contributed by atoms with Crippen LogP contribution in [0.15, 0.2) is 21.5 Å². The van der Waals surface area contributed by atoms with Gasteiger partial charge in [0.1, 0.15) is 5.65 Å². The monoisotopic (exact) mass is 351 g/mol. The minimum Gasteiger partial charge on any atom is -0.354 e. The molecule has 0 bridgehead atoms. The number of nitrogens with one attached hydrogen (secondary N) is 2. The fraction of sp³-hybridized carbons (Fsp3) is 0.385. The van der Waals surface area contributed by atoms with Gasteiger partial charge in [0.2, 0.25) is 11.9 Å². The number of hydrogen-bond acceptors (Lipinski definition) is 5. The van der Waals surface area contributed by atoms with Crippen LogP contribution in [-0.2, 0) is 11.8 Å². The van der Waals surface area contributed by atoms with Crippen molar-refractivity contribution in [3.63, 3.8) is 0 Å². The lowest BCUT2D eigenvalue weighted by atomic mass is 10.1. The molecule has 1 aliphatic heterocycles. The molecule has 0 saturated carbocycles. The van der Waals surface area contributed by atoms with Gasteiger partial charge in [0.05, 0.1) is 4.47 Å². The van der Waals surface area contributed by atoms with Crippen LogP contribution in [0.3, 0.4) is 0 Å². The third kappa shape index (κ3) is 2.76. The maximum Gasteiger partial charge on any atom is 0.266 e. The van der Waals surface area contributed by atoms with Crippen molar-refractivity contribution in [1.29, 1.82) is 0 Å². The summed E-state index contributed by atoms with van der Waals surface area (Å²) in [5.74, 6) is 0.528. The van der Waals surface area contributed by atoms with Crippen LogP contribution in [-0.4, -0.2) is 33.0 Å². The zero-order chi connectivity index (χ0) is 15.0. The summed E-state index contributed by atoms with van der Waals surface area (Å²) < 4.78 is 1.96. The van der Waals surface area contributed by atoms with E-state index in [0.29, 0.717) is 29.0 Å². The van der Waals surface area contributed by atoms with Crippen LogP contribution >= 0.6 is 15.9 Å². The number of rotatable bonds is 2. The van der Waals surface area contributed by atoms with Crippen molar-refractivity contribution in [2.24, 2.45) is 7.05 Å². The summed E-state index contributed by atoms with van der Waals surface area (Å²) in [4.78, 5) is 31.7. The predicted octanol–water partition coefficient (Wildman–Crippen LogP) is 0.781. The first-order valence-electron chi connectivity index (χ1n) is 6.60. The number of aromatic nitrogens is 3. The molecule has 21 heavy (non-hydrogen) atoms. The minimum absolute atomic E-state index is 0.0692. The lowest BCUT2D eigenvalue weighted by Gasteiger charge is -2.23. The first-order valence-corrected chi connectivity index (χ1v) is 7.39. The number of carbonyl (C=O) groups is 1. The molecule has 0 radical (unpaired) electrons. The smallest absolute Gasteiger partial charge is 0.266 e. The molecule has 1 amide bonds. The van der Waals surface area contributed by atoms with Crippen LogP contribution < -0.4 is 16.2 Å². The number of pyridine rings is 1. The Labute approximate surface area is 128 Å². The van der Waals surface area contributed by atoms with E-state index < -0.39 is 0 Å². The summed E-state index contributed by atoms with van der Waals surface area (Å²) in [5.41, 5.74) is 0.428. The molecule has 2 aromatic rings. The van der Waals surface area contributed by atoms with Crippen molar-refractivity contribution in [2.45, 2.75) is 18.9 Å². The zero-order valence-corrected chi connectivity index (χ0v) is 13.0. The molecule has 0 spiro atoms. The molecule has 110 valence electrons. The van der Waals surface area contributed by atoms with Crippen molar-refractivity contribution < 1.29 is 4.79 Å². The number of halogens is 1. The molecule has 0 aromatic carbocycles. The predicted molar refractivity (Wildman–Crippen MR) is 82.1 cm³/mol. The quantitative estimate of drug-likeness (QED) is 0.834. The fourth-order valence-corrected chi connectivity index (χ4v) is 2.83. The summed E-state index contributed by atoms with van der Waals surface area (Å²) in [5, 5.41) is 6.77. The highest BCUT2D eigenvalue weighted by Crippen LogP contribution is 2.16. The Balaban J connectivity index is 1.90. The van der Waals surface area contributed by atoms with Crippen LogP contribution in [0.5, 0.6) is 0 Å². The number of hydrogen-bond donors (Lipinski definition) is 2. The SMILES string of the molecule is Cn1c(=O)c(Br)cc2cnc(NC3CCC(=O)NC3)nc21. The molecule has 2 N–H and O–H groups in total. The van der Waals surface area contributed by atoms with Crippen molar-refractivity contribution in [3.05, 3.63) is 27.1 Å². The summed E-state index contributed by atoms with van der Waals surface area (Å²) >= 11 is 3.23. The lowest BCUT2D eigenvalue weighted by molar-refractivity contribution is -0.122. The molecule has 7 nitrogen and oxygen atoms in total. The van der Waals surface area contributed by atoms with Gasteiger partial charge in [0.25, 0.3) is 5.56 Å². The Morgan fingerprint density at radius 3 is 3.00 bits per heavy atom. The van der Waals surface area contributed by atoms with E-state index in [2.05, 4.69) is 36.5 Å². The van der Waals surface area contributed by atoms with Gasteiger partial charge in [0.15, 0.2) is 0 Å².